The standard InChI is InChI=1S/C31H33F2N7O3/c1-18-14-20(15-19(2)26(18)32)40-28(22-17-37(11-7-8-23(22)35-40)30(42)43-31(3,4)5)39-13-12-38(29(39)41)25-10-9-24-21(27(25)33)16-34-36(24)6/h9-10,12-16H,7-8,11,17H2,1-6H3. The van der Waals surface area contributed by atoms with Crippen molar-refractivity contribution in [3.8, 4) is 17.2 Å². The lowest BCUT2D eigenvalue weighted by atomic mass is 10.1. The SMILES string of the molecule is Cc1cc(-n2nc3c(c2-n2ccn(-c4ccc5c(cnn5C)c4F)c2=O)CN(C(=O)OC(C)(C)C)CCC3)cc(C)c1F. The summed E-state index contributed by atoms with van der Waals surface area (Å²) >= 11 is 0. The van der Waals surface area contributed by atoms with E-state index in [0.717, 1.165) is 0 Å². The van der Waals surface area contributed by atoms with E-state index in [1.807, 2.05) is 0 Å². The molecule has 5 aromatic rings. The minimum atomic E-state index is -0.685. The lowest BCUT2D eigenvalue weighted by Crippen LogP contribution is -2.37. The maximum atomic E-state index is 15.6. The van der Waals surface area contributed by atoms with Crippen LogP contribution in [-0.4, -0.2) is 51.8 Å². The average molecular weight is 590 g/mol. The molecule has 43 heavy (non-hydrogen) atoms. The quantitative estimate of drug-likeness (QED) is 0.286. The third-order valence-corrected chi connectivity index (χ3v) is 7.66. The van der Waals surface area contributed by atoms with Gasteiger partial charge in [0.05, 0.1) is 40.7 Å². The summed E-state index contributed by atoms with van der Waals surface area (Å²) in [5.41, 5.74) is 2.25. The van der Waals surface area contributed by atoms with Gasteiger partial charge in [-0.15, -0.1) is 0 Å². The molecule has 10 nitrogen and oxygen atoms in total. The van der Waals surface area contributed by atoms with Crippen LogP contribution < -0.4 is 5.69 Å². The second-order valence-corrected chi connectivity index (χ2v) is 12.0. The first-order chi connectivity index (χ1) is 20.3. The van der Waals surface area contributed by atoms with Crippen molar-refractivity contribution < 1.29 is 18.3 Å². The van der Waals surface area contributed by atoms with E-state index in [1.165, 1.54) is 21.5 Å². The van der Waals surface area contributed by atoms with Crippen molar-refractivity contribution in [3.63, 3.8) is 0 Å². The smallest absolute Gasteiger partial charge is 0.410 e. The van der Waals surface area contributed by atoms with Gasteiger partial charge in [0.2, 0.25) is 0 Å². The number of fused-ring (bicyclic) bond motifs is 2. The second kappa shape index (κ2) is 10.2. The van der Waals surface area contributed by atoms with Crippen molar-refractivity contribution in [1.82, 2.24) is 33.6 Å². The summed E-state index contributed by atoms with van der Waals surface area (Å²) in [6, 6.07) is 6.59. The minimum Gasteiger partial charge on any atom is -0.444 e. The number of carbonyl (C=O) groups excluding carboxylic acids is 1. The van der Waals surface area contributed by atoms with Gasteiger partial charge in [0.25, 0.3) is 0 Å². The van der Waals surface area contributed by atoms with Gasteiger partial charge < -0.3 is 9.64 Å². The summed E-state index contributed by atoms with van der Waals surface area (Å²) in [5.74, 6) is -0.499. The van der Waals surface area contributed by atoms with Crippen LogP contribution in [0.15, 0.2) is 47.7 Å². The molecule has 2 aromatic carbocycles. The van der Waals surface area contributed by atoms with Gasteiger partial charge in [-0.3, -0.25) is 13.8 Å². The monoisotopic (exact) mass is 589 g/mol. The van der Waals surface area contributed by atoms with E-state index < -0.39 is 23.2 Å². The molecule has 0 bridgehead atoms. The maximum absolute atomic E-state index is 15.6. The average Bonchev–Trinajstić information content (AvgIpc) is 3.56. The largest absolute Gasteiger partial charge is 0.444 e. The van der Waals surface area contributed by atoms with Crippen molar-refractivity contribution in [1.29, 1.82) is 0 Å². The maximum Gasteiger partial charge on any atom is 0.410 e. The number of hydrogen-bond acceptors (Lipinski definition) is 5. The van der Waals surface area contributed by atoms with Gasteiger partial charge in [-0.1, -0.05) is 0 Å². The Hall–Kier alpha value is -4.74. The van der Waals surface area contributed by atoms with Crippen molar-refractivity contribution in [2.24, 2.45) is 7.05 Å². The highest BCUT2D eigenvalue weighted by Crippen LogP contribution is 2.30. The van der Waals surface area contributed by atoms with E-state index in [4.69, 9.17) is 9.84 Å². The molecule has 0 spiro atoms. The number of ether oxygens (including phenoxy) is 1. The van der Waals surface area contributed by atoms with Crippen molar-refractivity contribution in [2.45, 2.75) is 59.6 Å². The fraction of sp³-hybridized carbons (Fsp3) is 0.355. The molecule has 224 valence electrons. The number of imidazole rings is 1. The Morgan fingerprint density at radius 1 is 1.02 bits per heavy atom. The van der Waals surface area contributed by atoms with Gasteiger partial charge in [0.15, 0.2) is 5.82 Å². The van der Waals surface area contributed by atoms with Crippen LogP contribution >= 0.6 is 0 Å². The van der Waals surface area contributed by atoms with Crippen molar-refractivity contribution >= 4 is 17.0 Å². The number of halogens is 2. The van der Waals surface area contributed by atoms with Crippen molar-refractivity contribution in [2.75, 3.05) is 6.54 Å². The first-order valence-corrected chi connectivity index (χ1v) is 14.1. The molecule has 1 aliphatic rings. The lowest BCUT2D eigenvalue weighted by molar-refractivity contribution is 0.0236. The molecule has 1 amide bonds. The molecule has 6 rings (SSSR count). The topological polar surface area (TPSA) is 92.1 Å². The number of rotatable bonds is 3. The molecule has 1 aliphatic heterocycles. The van der Waals surface area contributed by atoms with Crippen LogP contribution in [0.25, 0.3) is 28.1 Å². The van der Waals surface area contributed by atoms with Gasteiger partial charge in [0, 0.05) is 31.5 Å². The normalized spacial score (nSPS) is 13.8. The second-order valence-electron chi connectivity index (χ2n) is 12.0. The van der Waals surface area contributed by atoms with E-state index in [9.17, 15) is 14.0 Å². The summed E-state index contributed by atoms with van der Waals surface area (Å²) in [7, 11) is 1.72. The number of amides is 1. The molecule has 0 saturated heterocycles. The zero-order valence-corrected chi connectivity index (χ0v) is 25.0. The summed E-state index contributed by atoms with van der Waals surface area (Å²) in [4.78, 5) is 28.8. The van der Waals surface area contributed by atoms with Crippen LogP contribution in [0.1, 0.15) is 49.6 Å². The van der Waals surface area contributed by atoms with E-state index in [-0.39, 0.29) is 18.0 Å². The number of hydrogen-bond donors (Lipinski definition) is 0. The predicted molar refractivity (Wildman–Crippen MR) is 157 cm³/mol. The summed E-state index contributed by atoms with van der Waals surface area (Å²) < 4.78 is 41.7. The zero-order chi connectivity index (χ0) is 30.8. The first-order valence-electron chi connectivity index (χ1n) is 14.1. The predicted octanol–water partition coefficient (Wildman–Crippen LogP) is 5.28. The molecular formula is C31H33F2N7O3. The lowest BCUT2D eigenvalue weighted by Gasteiger charge is -2.26. The van der Waals surface area contributed by atoms with Crippen molar-refractivity contribution in [3.05, 3.63) is 87.4 Å². The number of aromatic nitrogens is 6. The molecule has 0 atom stereocenters. The van der Waals surface area contributed by atoms with Gasteiger partial charge in [-0.05, 0) is 82.9 Å². The van der Waals surface area contributed by atoms with Gasteiger partial charge in [0.1, 0.15) is 17.2 Å². The number of benzene rings is 2. The number of nitrogens with zero attached hydrogens (tertiary/aromatic N) is 7. The summed E-state index contributed by atoms with van der Waals surface area (Å²) in [6.45, 7) is 9.36. The third kappa shape index (κ3) is 4.90. The van der Waals surface area contributed by atoms with Crippen LogP contribution in [0.2, 0.25) is 0 Å². The van der Waals surface area contributed by atoms with Gasteiger partial charge in [-0.2, -0.15) is 10.2 Å². The molecule has 4 heterocycles. The van der Waals surface area contributed by atoms with E-state index in [0.29, 0.717) is 64.2 Å². The molecule has 0 radical (unpaired) electrons. The Bertz CT molecular complexity index is 1940. The Balaban J connectivity index is 1.54. The number of carbonyl (C=O) groups is 1. The highest BCUT2D eigenvalue weighted by Gasteiger charge is 2.31. The summed E-state index contributed by atoms with van der Waals surface area (Å²) in [6.07, 6.45) is 5.19. The van der Waals surface area contributed by atoms with Crippen LogP contribution in [0.4, 0.5) is 13.6 Å². The molecular weight excluding hydrogens is 556 g/mol. The molecule has 0 N–H and O–H groups in total. The van der Waals surface area contributed by atoms with Gasteiger partial charge in [-0.25, -0.2) is 23.1 Å². The minimum absolute atomic E-state index is 0.0743. The van der Waals surface area contributed by atoms with E-state index >= 15 is 4.39 Å². The van der Waals surface area contributed by atoms with Crippen LogP contribution in [0.5, 0.6) is 0 Å². The summed E-state index contributed by atoms with van der Waals surface area (Å²) in [5, 5.41) is 9.31. The molecule has 0 saturated carbocycles. The fourth-order valence-electron chi connectivity index (χ4n) is 5.60. The highest BCUT2D eigenvalue weighted by atomic mass is 19.1. The first kappa shape index (κ1) is 28.4. The van der Waals surface area contributed by atoms with Gasteiger partial charge >= 0.3 is 11.8 Å². The van der Waals surface area contributed by atoms with Crippen LogP contribution in [0, 0.1) is 25.5 Å². The Labute approximate surface area is 246 Å². The van der Waals surface area contributed by atoms with Crippen LogP contribution in [0.3, 0.4) is 0 Å². The molecule has 0 unspecified atom stereocenters. The Morgan fingerprint density at radius 2 is 1.72 bits per heavy atom. The third-order valence-electron chi connectivity index (χ3n) is 7.66. The zero-order valence-electron chi connectivity index (χ0n) is 25.0. The molecule has 3 aromatic heterocycles. The fourth-order valence-corrected chi connectivity index (χ4v) is 5.60. The van der Waals surface area contributed by atoms with E-state index in [1.54, 1.807) is 86.4 Å². The van der Waals surface area contributed by atoms with E-state index in [2.05, 4.69) is 5.10 Å². The molecule has 0 fully saturated rings. The highest BCUT2D eigenvalue weighted by molar-refractivity contribution is 5.81. The molecule has 0 aliphatic carbocycles. The Kier molecular flexibility index (Phi) is 6.74. The molecule has 12 heteroatoms. The number of aryl methyl sites for hydroxylation is 4. The van der Waals surface area contributed by atoms with Crippen LogP contribution in [-0.2, 0) is 24.8 Å². The Morgan fingerprint density at radius 3 is 2.42 bits per heavy atom.